The van der Waals surface area contributed by atoms with Gasteiger partial charge in [0, 0.05) is 17.7 Å². The average Bonchev–Trinajstić information content (AvgIpc) is 2.39. The maximum atomic E-state index is 12.1. The van der Waals surface area contributed by atoms with Crippen LogP contribution in [-0.2, 0) is 0 Å². The topological polar surface area (TPSA) is 98.3 Å². The van der Waals surface area contributed by atoms with Crippen molar-refractivity contribution in [3.63, 3.8) is 0 Å². The number of nitrogen functional groups attached to an aromatic ring is 1. The zero-order chi connectivity index (χ0) is 15.3. The summed E-state index contributed by atoms with van der Waals surface area (Å²) < 4.78 is 0. The molecule has 1 amide bonds. The van der Waals surface area contributed by atoms with E-state index in [9.17, 15) is 14.9 Å². The minimum absolute atomic E-state index is 0.00200. The molecule has 1 atom stereocenters. The van der Waals surface area contributed by atoms with Gasteiger partial charge in [0.2, 0.25) is 0 Å². The molecule has 0 saturated carbocycles. The zero-order valence-electron chi connectivity index (χ0n) is 12.1. The highest BCUT2D eigenvalue weighted by molar-refractivity contribution is 5.95. The maximum Gasteiger partial charge on any atom is 0.292 e. The monoisotopic (exact) mass is 279 g/mol. The molecular weight excluding hydrogens is 258 g/mol. The van der Waals surface area contributed by atoms with Gasteiger partial charge in [-0.1, -0.05) is 26.7 Å². The molecule has 6 nitrogen and oxygen atoms in total. The molecule has 1 aromatic carbocycles. The van der Waals surface area contributed by atoms with Crippen LogP contribution in [0, 0.1) is 16.0 Å². The lowest BCUT2D eigenvalue weighted by molar-refractivity contribution is -0.383. The van der Waals surface area contributed by atoms with Crippen LogP contribution < -0.4 is 11.1 Å². The second-order valence-electron chi connectivity index (χ2n) is 4.87. The SMILES string of the molecule is CCC(CC)C(C)NC(=O)c1ccc([N+](=O)[O-])c(N)c1. The molecule has 0 aliphatic heterocycles. The standard InChI is InChI=1S/C14H21N3O3/c1-4-10(5-2)9(3)16-14(18)11-6-7-13(17(19)20)12(15)8-11/h6-10H,4-5,15H2,1-3H3,(H,16,18). The Morgan fingerprint density at radius 2 is 2.00 bits per heavy atom. The molecule has 20 heavy (non-hydrogen) atoms. The number of nitrogens with zero attached hydrogens (tertiary/aromatic N) is 1. The van der Waals surface area contributed by atoms with Gasteiger partial charge in [-0.05, 0) is 25.0 Å². The quantitative estimate of drug-likeness (QED) is 0.475. The fraction of sp³-hybridized carbons (Fsp3) is 0.500. The molecule has 1 rings (SSSR count). The Hall–Kier alpha value is -2.11. The van der Waals surface area contributed by atoms with E-state index in [1.165, 1.54) is 18.2 Å². The molecule has 0 aliphatic rings. The highest BCUT2D eigenvalue weighted by atomic mass is 16.6. The van der Waals surface area contributed by atoms with Gasteiger partial charge < -0.3 is 11.1 Å². The summed E-state index contributed by atoms with van der Waals surface area (Å²) in [7, 11) is 0. The molecule has 110 valence electrons. The predicted octanol–water partition coefficient (Wildman–Crippen LogP) is 2.73. The number of amides is 1. The summed E-state index contributed by atoms with van der Waals surface area (Å²) in [6.07, 6.45) is 1.97. The van der Waals surface area contributed by atoms with Crippen LogP contribution in [0.1, 0.15) is 44.0 Å². The molecule has 0 aromatic heterocycles. The first-order valence-corrected chi connectivity index (χ1v) is 6.75. The highest BCUT2D eigenvalue weighted by Gasteiger charge is 2.18. The number of nitrogens with one attached hydrogen (secondary N) is 1. The van der Waals surface area contributed by atoms with Crippen LogP contribution in [-0.4, -0.2) is 16.9 Å². The van der Waals surface area contributed by atoms with Crippen molar-refractivity contribution in [3.8, 4) is 0 Å². The van der Waals surface area contributed by atoms with Crippen LogP contribution >= 0.6 is 0 Å². The van der Waals surface area contributed by atoms with E-state index in [0.29, 0.717) is 11.5 Å². The molecule has 0 aliphatic carbocycles. The van der Waals surface area contributed by atoms with Crippen LogP contribution in [0.25, 0.3) is 0 Å². The molecule has 0 heterocycles. The lowest BCUT2D eigenvalue weighted by Crippen LogP contribution is -2.37. The van der Waals surface area contributed by atoms with Crippen molar-refractivity contribution >= 4 is 17.3 Å². The minimum atomic E-state index is -0.566. The predicted molar refractivity (Wildman–Crippen MR) is 78.5 cm³/mol. The number of nitro groups is 1. The number of nitrogens with two attached hydrogens (primary N) is 1. The van der Waals surface area contributed by atoms with Gasteiger partial charge in [-0.15, -0.1) is 0 Å². The molecule has 0 radical (unpaired) electrons. The summed E-state index contributed by atoms with van der Waals surface area (Å²) in [5, 5.41) is 13.6. The van der Waals surface area contributed by atoms with Crippen LogP contribution in [0.5, 0.6) is 0 Å². The Morgan fingerprint density at radius 3 is 2.45 bits per heavy atom. The molecule has 1 unspecified atom stereocenters. The lowest BCUT2D eigenvalue weighted by Gasteiger charge is -2.22. The van der Waals surface area contributed by atoms with E-state index >= 15 is 0 Å². The normalized spacial score (nSPS) is 12.2. The second-order valence-corrected chi connectivity index (χ2v) is 4.87. The molecule has 1 aromatic rings. The first kappa shape index (κ1) is 15.9. The van der Waals surface area contributed by atoms with E-state index in [0.717, 1.165) is 12.8 Å². The fourth-order valence-electron chi connectivity index (χ4n) is 2.27. The summed E-state index contributed by atoms with van der Waals surface area (Å²) in [6, 6.07) is 4.07. The molecule has 3 N–H and O–H groups in total. The first-order valence-electron chi connectivity index (χ1n) is 6.75. The average molecular weight is 279 g/mol. The van der Waals surface area contributed by atoms with Gasteiger partial charge in [-0.3, -0.25) is 14.9 Å². The Morgan fingerprint density at radius 1 is 1.40 bits per heavy atom. The van der Waals surface area contributed by atoms with Crippen molar-refractivity contribution < 1.29 is 9.72 Å². The third-order valence-electron chi connectivity index (χ3n) is 3.60. The summed E-state index contributed by atoms with van der Waals surface area (Å²) >= 11 is 0. The molecular formula is C14H21N3O3. The van der Waals surface area contributed by atoms with E-state index in [1.807, 2.05) is 6.92 Å². The van der Waals surface area contributed by atoms with Crippen LogP contribution in [0.3, 0.4) is 0 Å². The molecule has 0 spiro atoms. The van der Waals surface area contributed by atoms with Crippen molar-refractivity contribution in [1.82, 2.24) is 5.32 Å². The van der Waals surface area contributed by atoms with Gasteiger partial charge in [0.25, 0.3) is 11.6 Å². The van der Waals surface area contributed by atoms with E-state index in [1.54, 1.807) is 0 Å². The number of hydrogen-bond donors (Lipinski definition) is 2. The van der Waals surface area contributed by atoms with Gasteiger partial charge in [-0.2, -0.15) is 0 Å². The Labute approximate surface area is 118 Å². The van der Waals surface area contributed by atoms with E-state index in [2.05, 4.69) is 19.2 Å². The van der Waals surface area contributed by atoms with Crippen LogP contribution in [0.4, 0.5) is 11.4 Å². The fourth-order valence-corrected chi connectivity index (χ4v) is 2.27. The van der Waals surface area contributed by atoms with Crippen molar-refractivity contribution in [2.45, 2.75) is 39.7 Å². The smallest absolute Gasteiger partial charge is 0.292 e. The summed E-state index contributed by atoms with van der Waals surface area (Å²) in [4.78, 5) is 22.2. The summed E-state index contributed by atoms with van der Waals surface area (Å²) in [5.41, 5.74) is 5.73. The summed E-state index contributed by atoms with van der Waals surface area (Å²) in [5.74, 6) is 0.153. The Bertz CT molecular complexity index is 498. The number of carbonyl (C=O) groups is 1. The molecule has 0 bridgehead atoms. The Kier molecular flexibility index (Phi) is 5.49. The largest absolute Gasteiger partial charge is 0.393 e. The van der Waals surface area contributed by atoms with Gasteiger partial charge in [0.15, 0.2) is 0 Å². The van der Waals surface area contributed by atoms with Crippen molar-refractivity contribution in [2.75, 3.05) is 5.73 Å². The van der Waals surface area contributed by atoms with Crippen molar-refractivity contribution in [1.29, 1.82) is 0 Å². The van der Waals surface area contributed by atoms with E-state index in [-0.39, 0.29) is 23.3 Å². The first-order chi connectivity index (χ1) is 9.40. The number of benzene rings is 1. The number of carbonyl (C=O) groups excluding carboxylic acids is 1. The third-order valence-corrected chi connectivity index (χ3v) is 3.60. The van der Waals surface area contributed by atoms with Gasteiger partial charge >= 0.3 is 0 Å². The van der Waals surface area contributed by atoms with E-state index < -0.39 is 4.92 Å². The Balaban J connectivity index is 2.83. The maximum absolute atomic E-state index is 12.1. The zero-order valence-corrected chi connectivity index (χ0v) is 12.1. The highest BCUT2D eigenvalue weighted by Crippen LogP contribution is 2.22. The van der Waals surface area contributed by atoms with Gasteiger partial charge in [0.05, 0.1) is 4.92 Å². The number of nitro benzene ring substituents is 1. The van der Waals surface area contributed by atoms with Crippen LogP contribution in [0.2, 0.25) is 0 Å². The van der Waals surface area contributed by atoms with Gasteiger partial charge in [-0.25, -0.2) is 0 Å². The second kappa shape index (κ2) is 6.88. The lowest BCUT2D eigenvalue weighted by atomic mass is 9.95. The number of anilines is 1. The molecule has 6 heteroatoms. The molecule has 0 fully saturated rings. The van der Waals surface area contributed by atoms with Crippen molar-refractivity contribution in [3.05, 3.63) is 33.9 Å². The minimum Gasteiger partial charge on any atom is -0.393 e. The summed E-state index contributed by atoms with van der Waals surface area (Å²) in [6.45, 7) is 6.13. The number of hydrogen-bond acceptors (Lipinski definition) is 4. The van der Waals surface area contributed by atoms with Gasteiger partial charge in [0.1, 0.15) is 5.69 Å². The van der Waals surface area contributed by atoms with Crippen molar-refractivity contribution in [2.24, 2.45) is 5.92 Å². The molecule has 0 saturated heterocycles. The van der Waals surface area contributed by atoms with E-state index in [4.69, 9.17) is 5.73 Å². The van der Waals surface area contributed by atoms with Crippen LogP contribution in [0.15, 0.2) is 18.2 Å². The number of rotatable bonds is 6. The third kappa shape index (κ3) is 3.69.